The van der Waals surface area contributed by atoms with E-state index in [1.165, 1.54) is 13.2 Å². The first-order valence-corrected chi connectivity index (χ1v) is 8.66. The fourth-order valence-corrected chi connectivity index (χ4v) is 3.68. The summed E-state index contributed by atoms with van der Waals surface area (Å²) in [7, 11) is -2.20. The number of hydrogen-bond acceptors (Lipinski definition) is 5. The third-order valence-corrected chi connectivity index (χ3v) is 4.33. The van der Waals surface area contributed by atoms with Gasteiger partial charge in [0.1, 0.15) is 6.04 Å². The third kappa shape index (κ3) is 3.79. The normalized spacial score (nSPS) is 21.3. The van der Waals surface area contributed by atoms with E-state index in [9.17, 15) is 13.2 Å². The number of carbonyl (C=O) groups is 1. The fraction of sp³-hybridized carbons (Fsp3) is 0.417. The van der Waals surface area contributed by atoms with E-state index in [0.717, 1.165) is 6.26 Å². The highest BCUT2D eigenvalue weighted by molar-refractivity contribution is 7.88. The number of carbonyl (C=O) groups excluding carboxylic acids is 1. The Morgan fingerprint density at radius 1 is 1.43 bits per heavy atom. The molecule has 1 aromatic carbocycles. The molecule has 1 aliphatic heterocycles. The van der Waals surface area contributed by atoms with Crippen molar-refractivity contribution in [1.29, 1.82) is 0 Å². The average molecular weight is 353 g/mol. The van der Waals surface area contributed by atoms with E-state index in [1.807, 2.05) is 0 Å². The van der Waals surface area contributed by atoms with Gasteiger partial charge in [0.25, 0.3) is 0 Å². The molecular weight excluding hydrogens is 339 g/mol. The van der Waals surface area contributed by atoms with Crippen molar-refractivity contribution in [1.82, 2.24) is 4.72 Å². The highest BCUT2D eigenvalue weighted by Gasteiger charge is 2.34. The lowest BCUT2D eigenvalue weighted by atomic mass is 9.93. The number of halogens is 2. The highest BCUT2D eigenvalue weighted by Crippen LogP contribution is 2.40. The van der Waals surface area contributed by atoms with Gasteiger partial charge in [-0.25, -0.2) is 17.9 Å². The third-order valence-electron chi connectivity index (χ3n) is 3.09. The summed E-state index contributed by atoms with van der Waals surface area (Å²) in [6.07, 6.45) is 1.24. The van der Waals surface area contributed by atoms with Crippen LogP contribution in [0.3, 0.4) is 0 Å². The standard InChI is InChI=1S/C12H14Cl2N2O4S/c1-20-12(17)10-5-9(16-21(2,18)19)11-7(14)3-6(13)4-8(11)15-10/h3-4,9-10,15-16H,5H2,1-2H3. The molecule has 1 aromatic rings. The minimum absolute atomic E-state index is 0.189. The molecule has 0 radical (unpaired) electrons. The Morgan fingerprint density at radius 2 is 2.10 bits per heavy atom. The zero-order valence-electron chi connectivity index (χ0n) is 11.3. The summed E-state index contributed by atoms with van der Waals surface area (Å²) in [6, 6.07) is 1.80. The smallest absolute Gasteiger partial charge is 0.328 e. The van der Waals surface area contributed by atoms with E-state index >= 15 is 0 Å². The maximum atomic E-state index is 11.7. The molecule has 0 aliphatic carbocycles. The molecule has 0 amide bonds. The van der Waals surface area contributed by atoms with Gasteiger partial charge < -0.3 is 10.1 Å². The van der Waals surface area contributed by atoms with E-state index in [0.29, 0.717) is 21.3 Å². The zero-order valence-corrected chi connectivity index (χ0v) is 13.6. The number of ether oxygens (including phenoxy) is 1. The van der Waals surface area contributed by atoms with Gasteiger partial charge in [-0.3, -0.25) is 0 Å². The van der Waals surface area contributed by atoms with Crippen molar-refractivity contribution in [3.63, 3.8) is 0 Å². The van der Waals surface area contributed by atoms with E-state index in [2.05, 4.69) is 10.0 Å². The number of fused-ring (bicyclic) bond motifs is 1. The lowest BCUT2D eigenvalue weighted by molar-refractivity contribution is -0.141. The molecule has 2 atom stereocenters. The van der Waals surface area contributed by atoms with Gasteiger partial charge in [0, 0.05) is 21.3 Å². The Balaban J connectivity index is 2.48. The second-order valence-electron chi connectivity index (χ2n) is 4.75. The Morgan fingerprint density at radius 3 is 2.67 bits per heavy atom. The first kappa shape index (κ1) is 16.4. The van der Waals surface area contributed by atoms with Crippen molar-refractivity contribution in [2.45, 2.75) is 18.5 Å². The molecule has 2 unspecified atom stereocenters. The van der Waals surface area contributed by atoms with Crippen molar-refractivity contribution in [2.75, 3.05) is 18.7 Å². The molecule has 0 aromatic heterocycles. The second-order valence-corrected chi connectivity index (χ2v) is 7.37. The van der Waals surface area contributed by atoms with Gasteiger partial charge in [-0.1, -0.05) is 23.2 Å². The zero-order chi connectivity index (χ0) is 15.8. The first-order valence-electron chi connectivity index (χ1n) is 6.02. The van der Waals surface area contributed by atoms with Crippen LogP contribution in [-0.2, 0) is 19.6 Å². The van der Waals surface area contributed by atoms with E-state index in [1.54, 1.807) is 6.07 Å². The Hall–Kier alpha value is -1.02. The van der Waals surface area contributed by atoms with E-state index in [4.69, 9.17) is 27.9 Å². The van der Waals surface area contributed by atoms with Crippen LogP contribution in [0.2, 0.25) is 10.0 Å². The molecule has 6 nitrogen and oxygen atoms in total. The van der Waals surface area contributed by atoms with Crippen LogP contribution >= 0.6 is 23.2 Å². The Labute approximate surface area is 132 Å². The molecule has 0 saturated carbocycles. The van der Waals surface area contributed by atoms with Crippen LogP contribution in [0.15, 0.2) is 12.1 Å². The van der Waals surface area contributed by atoms with Crippen LogP contribution in [-0.4, -0.2) is 33.8 Å². The number of anilines is 1. The molecule has 1 aliphatic rings. The predicted molar refractivity (Wildman–Crippen MR) is 81.2 cm³/mol. The molecule has 21 heavy (non-hydrogen) atoms. The van der Waals surface area contributed by atoms with Crippen LogP contribution in [0, 0.1) is 0 Å². The van der Waals surface area contributed by atoms with Gasteiger partial charge in [-0.2, -0.15) is 0 Å². The van der Waals surface area contributed by atoms with Gasteiger partial charge in [0.15, 0.2) is 0 Å². The summed E-state index contributed by atoms with van der Waals surface area (Å²) in [5, 5.41) is 3.68. The summed E-state index contributed by atoms with van der Waals surface area (Å²) >= 11 is 12.1. The Bertz CT molecular complexity index is 678. The molecule has 9 heteroatoms. The monoisotopic (exact) mass is 352 g/mol. The van der Waals surface area contributed by atoms with Crippen LogP contribution in [0.1, 0.15) is 18.0 Å². The number of methoxy groups -OCH3 is 1. The van der Waals surface area contributed by atoms with Crippen LogP contribution < -0.4 is 10.0 Å². The number of rotatable bonds is 3. The van der Waals surface area contributed by atoms with Crippen LogP contribution in [0.4, 0.5) is 5.69 Å². The van der Waals surface area contributed by atoms with Gasteiger partial charge in [-0.05, 0) is 18.6 Å². The molecule has 0 fully saturated rings. The van der Waals surface area contributed by atoms with Crippen LogP contribution in [0.25, 0.3) is 0 Å². The van der Waals surface area contributed by atoms with Gasteiger partial charge in [0.05, 0.1) is 19.4 Å². The van der Waals surface area contributed by atoms with Gasteiger partial charge in [-0.15, -0.1) is 0 Å². The number of nitrogens with one attached hydrogen (secondary N) is 2. The molecule has 2 rings (SSSR count). The number of esters is 1. The van der Waals surface area contributed by atoms with Crippen molar-refractivity contribution in [2.24, 2.45) is 0 Å². The highest BCUT2D eigenvalue weighted by atomic mass is 35.5. The lowest BCUT2D eigenvalue weighted by Gasteiger charge is -2.32. The van der Waals surface area contributed by atoms with E-state index < -0.39 is 28.1 Å². The fourth-order valence-electron chi connectivity index (χ4n) is 2.32. The molecule has 0 saturated heterocycles. The summed E-state index contributed by atoms with van der Waals surface area (Å²) < 4.78 is 30.2. The second kappa shape index (κ2) is 6.00. The van der Waals surface area contributed by atoms with Crippen molar-refractivity contribution >= 4 is 44.9 Å². The molecule has 0 bridgehead atoms. The number of sulfonamides is 1. The minimum atomic E-state index is -3.47. The number of hydrogen-bond donors (Lipinski definition) is 2. The van der Waals surface area contributed by atoms with Crippen LogP contribution in [0.5, 0.6) is 0 Å². The summed E-state index contributed by atoms with van der Waals surface area (Å²) in [6.45, 7) is 0. The van der Waals surface area contributed by atoms with Gasteiger partial charge in [0.2, 0.25) is 10.0 Å². The number of benzene rings is 1. The maximum Gasteiger partial charge on any atom is 0.328 e. The van der Waals surface area contributed by atoms with Gasteiger partial charge >= 0.3 is 5.97 Å². The first-order chi connectivity index (χ1) is 9.71. The largest absolute Gasteiger partial charge is 0.467 e. The molecule has 116 valence electrons. The maximum absolute atomic E-state index is 11.7. The summed E-state index contributed by atoms with van der Waals surface area (Å²) in [4.78, 5) is 11.7. The SMILES string of the molecule is COC(=O)C1CC(NS(C)(=O)=O)c2c(Cl)cc(Cl)cc2N1. The molecule has 2 N–H and O–H groups in total. The average Bonchev–Trinajstić information content (AvgIpc) is 2.34. The molecule has 1 heterocycles. The molecular formula is C12H14Cl2N2O4S. The predicted octanol–water partition coefficient (Wildman–Crippen LogP) is 1.94. The van der Waals surface area contributed by atoms with Crippen molar-refractivity contribution in [3.8, 4) is 0 Å². The van der Waals surface area contributed by atoms with Crippen molar-refractivity contribution in [3.05, 3.63) is 27.7 Å². The summed E-state index contributed by atoms with van der Waals surface area (Å²) in [5.41, 5.74) is 1.07. The lowest BCUT2D eigenvalue weighted by Crippen LogP contribution is -2.41. The Kier molecular flexibility index (Phi) is 4.67. The minimum Gasteiger partial charge on any atom is -0.467 e. The topological polar surface area (TPSA) is 84.5 Å². The molecule has 0 spiro atoms. The van der Waals surface area contributed by atoms with Crippen molar-refractivity contribution < 1.29 is 17.9 Å². The van der Waals surface area contributed by atoms with E-state index in [-0.39, 0.29) is 6.42 Å². The summed E-state index contributed by atoms with van der Waals surface area (Å²) in [5.74, 6) is -0.489. The quantitative estimate of drug-likeness (QED) is 0.812.